The maximum absolute atomic E-state index is 13.6. The van der Waals surface area contributed by atoms with E-state index in [1.807, 2.05) is 0 Å². The number of rotatable bonds is 4. The smallest absolute Gasteiger partial charge is 0.161 e. The second-order valence-electron chi connectivity index (χ2n) is 5.23. The fraction of sp³-hybridized carbons (Fsp3) is 0.533. The highest BCUT2D eigenvalue weighted by Crippen LogP contribution is 2.26. The number of aliphatic hydroxyl groups is 1. The van der Waals surface area contributed by atoms with Gasteiger partial charge in [0.1, 0.15) is 5.82 Å². The Bertz CT molecular complexity index is 497. The third-order valence-corrected chi connectivity index (χ3v) is 3.79. The molecule has 0 unspecified atom stereocenters. The van der Waals surface area contributed by atoms with Crippen molar-refractivity contribution in [3.8, 4) is 0 Å². The molecular formula is C15H21FN2O2. The van der Waals surface area contributed by atoms with Crippen LogP contribution in [0.1, 0.15) is 22.8 Å². The Labute approximate surface area is 118 Å². The van der Waals surface area contributed by atoms with Crippen LogP contribution < -0.4 is 4.90 Å². The highest BCUT2D eigenvalue weighted by Gasteiger charge is 2.21. The molecule has 0 aromatic heterocycles. The number of aryl methyl sites for hydroxylation is 1. The van der Waals surface area contributed by atoms with Crippen molar-refractivity contribution in [2.75, 3.05) is 44.2 Å². The monoisotopic (exact) mass is 280 g/mol. The van der Waals surface area contributed by atoms with E-state index in [1.165, 1.54) is 13.0 Å². The molecule has 0 atom stereocenters. The van der Waals surface area contributed by atoms with Gasteiger partial charge in [0.2, 0.25) is 0 Å². The summed E-state index contributed by atoms with van der Waals surface area (Å²) in [6, 6.07) is 3.10. The second kappa shape index (κ2) is 6.33. The highest BCUT2D eigenvalue weighted by atomic mass is 19.1. The largest absolute Gasteiger partial charge is 0.395 e. The van der Waals surface area contributed by atoms with Gasteiger partial charge in [-0.05, 0) is 31.5 Å². The summed E-state index contributed by atoms with van der Waals surface area (Å²) in [6.45, 7) is 7.27. The molecule has 1 aromatic carbocycles. The molecule has 5 heteroatoms. The van der Waals surface area contributed by atoms with Gasteiger partial charge in [0.05, 0.1) is 6.61 Å². The van der Waals surface area contributed by atoms with Crippen molar-refractivity contribution in [1.82, 2.24) is 4.90 Å². The quantitative estimate of drug-likeness (QED) is 0.848. The molecule has 0 bridgehead atoms. The number of nitrogens with zero attached hydrogens (tertiary/aromatic N) is 2. The van der Waals surface area contributed by atoms with Crippen molar-refractivity contribution >= 4 is 11.5 Å². The molecule has 0 radical (unpaired) electrons. The average molecular weight is 280 g/mol. The van der Waals surface area contributed by atoms with E-state index in [9.17, 15) is 9.18 Å². The minimum Gasteiger partial charge on any atom is -0.395 e. The number of ketones is 1. The summed E-state index contributed by atoms with van der Waals surface area (Å²) in [5.74, 6) is -0.449. The Hall–Kier alpha value is -1.46. The Morgan fingerprint density at radius 3 is 2.50 bits per heavy atom. The van der Waals surface area contributed by atoms with Crippen molar-refractivity contribution in [3.63, 3.8) is 0 Å². The van der Waals surface area contributed by atoms with E-state index in [2.05, 4.69) is 9.80 Å². The number of carbonyl (C=O) groups is 1. The summed E-state index contributed by atoms with van der Waals surface area (Å²) in [7, 11) is 0. The number of Topliss-reactive ketones (excluding diaryl/α,β-unsaturated/α-hetero) is 1. The SMILES string of the molecule is CC(=O)c1cc(F)c(C)cc1N1CCN(CCO)CC1. The van der Waals surface area contributed by atoms with E-state index in [4.69, 9.17) is 5.11 Å². The Morgan fingerprint density at radius 2 is 1.95 bits per heavy atom. The number of halogens is 1. The first-order valence-electron chi connectivity index (χ1n) is 6.92. The minimum absolute atomic E-state index is 0.114. The predicted molar refractivity (Wildman–Crippen MR) is 76.9 cm³/mol. The van der Waals surface area contributed by atoms with E-state index in [0.717, 1.165) is 31.9 Å². The van der Waals surface area contributed by atoms with Crippen LogP contribution >= 0.6 is 0 Å². The molecule has 2 rings (SSSR count). The summed E-state index contributed by atoms with van der Waals surface area (Å²) in [5.41, 5.74) is 1.83. The highest BCUT2D eigenvalue weighted by molar-refractivity contribution is 6.00. The van der Waals surface area contributed by atoms with Gasteiger partial charge in [0, 0.05) is 44.0 Å². The average Bonchev–Trinajstić information content (AvgIpc) is 2.42. The maximum atomic E-state index is 13.6. The van der Waals surface area contributed by atoms with Crippen molar-refractivity contribution in [2.24, 2.45) is 0 Å². The van der Waals surface area contributed by atoms with Crippen LogP contribution in [0.2, 0.25) is 0 Å². The second-order valence-corrected chi connectivity index (χ2v) is 5.23. The van der Waals surface area contributed by atoms with E-state index < -0.39 is 0 Å². The van der Waals surface area contributed by atoms with Crippen molar-refractivity contribution in [3.05, 3.63) is 29.1 Å². The molecule has 0 saturated carbocycles. The van der Waals surface area contributed by atoms with Gasteiger partial charge in [-0.1, -0.05) is 0 Å². The lowest BCUT2D eigenvalue weighted by atomic mass is 10.0. The van der Waals surface area contributed by atoms with Gasteiger partial charge in [-0.15, -0.1) is 0 Å². The van der Waals surface area contributed by atoms with Gasteiger partial charge >= 0.3 is 0 Å². The first-order chi connectivity index (χ1) is 9.52. The number of carbonyl (C=O) groups excluding carboxylic acids is 1. The number of hydrogen-bond acceptors (Lipinski definition) is 4. The molecule has 0 amide bonds. The zero-order valence-electron chi connectivity index (χ0n) is 12.0. The molecule has 1 aromatic rings. The lowest BCUT2D eigenvalue weighted by Crippen LogP contribution is -2.47. The standard InChI is InChI=1S/C15H21FN2O2/c1-11-9-15(13(12(2)20)10-14(11)16)18-5-3-17(4-6-18)7-8-19/h9-10,19H,3-8H2,1-2H3. The molecular weight excluding hydrogens is 259 g/mol. The molecule has 1 aliphatic heterocycles. The van der Waals surface area contributed by atoms with Crippen LogP contribution in [0.3, 0.4) is 0 Å². The topological polar surface area (TPSA) is 43.8 Å². The summed E-state index contributed by atoms with van der Waals surface area (Å²) in [5, 5.41) is 8.94. The molecule has 0 aliphatic carbocycles. The molecule has 1 saturated heterocycles. The lowest BCUT2D eigenvalue weighted by Gasteiger charge is -2.36. The summed E-state index contributed by atoms with van der Waals surface area (Å²) in [6.07, 6.45) is 0. The molecule has 20 heavy (non-hydrogen) atoms. The summed E-state index contributed by atoms with van der Waals surface area (Å²) < 4.78 is 13.6. The normalized spacial score (nSPS) is 16.5. The van der Waals surface area contributed by atoms with Crippen LogP contribution in [0.4, 0.5) is 10.1 Å². The number of β-amino-alcohol motifs (C(OH)–C–C–N with tert-alkyl or cyclic N) is 1. The van der Waals surface area contributed by atoms with Gasteiger partial charge in [-0.3, -0.25) is 9.69 Å². The predicted octanol–water partition coefficient (Wildman–Crippen LogP) is 1.45. The Balaban J connectivity index is 2.21. The van der Waals surface area contributed by atoms with Crippen LogP contribution in [0.15, 0.2) is 12.1 Å². The third kappa shape index (κ3) is 3.16. The molecule has 4 nitrogen and oxygen atoms in total. The van der Waals surface area contributed by atoms with E-state index in [-0.39, 0.29) is 18.2 Å². The number of aliphatic hydroxyl groups excluding tert-OH is 1. The zero-order chi connectivity index (χ0) is 14.7. The fourth-order valence-corrected chi connectivity index (χ4v) is 2.56. The summed E-state index contributed by atoms with van der Waals surface area (Å²) in [4.78, 5) is 16.0. The minimum atomic E-state index is -0.335. The zero-order valence-corrected chi connectivity index (χ0v) is 12.0. The molecule has 1 fully saturated rings. The molecule has 1 heterocycles. The van der Waals surface area contributed by atoms with Crippen molar-refractivity contribution < 1.29 is 14.3 Å². The van der Waals surface area contributed by atoms with Crippen molar-refractivity contribution in [1.29, 1.82) is 0 Å². The van der Waals surface area contributed by atoms with Crippen LogP contribution in [-0.4, -0.2) is 55.1 Å². The molecule has 0 spiro atoms. The van der Waals surface area contributed by atoms with E-state index in [1.54, 1.807) is 13.0 Å². The van der Waals surface area contributed by atoms with Gasteiger partial charge in [-0.25, -0.2) is 4.39 Å². The van der Waals surface area contributed by atoms with Gasteiger partial charge in [0.15, 0.2) is 5.78 Å². The van der Waals surface area contributed by atoms with E-state index in [0.29, 0.717) is 17.7 Å². The molecule has 1 N–H and O–H groups in total. The Kier molecular flexibility index (Phi) is 4.73. The number of anilines is 1. The van der Waals surface area contributed by atoms with Gasteiger partial charge in [0.25, 0.3) is 0 Å². The van der Waals surface area contributed by atoms with Crippen LogP contribution in [0.5, 0.6) is 0 Å². The summed E-state index contributed by atoms with van der Waals surface area (Å²) >= 11 is 0. The number of hydrogen-bond donors (Lipinski definition) is 1. The Morgan fingerprint density at radius 1 is 1.30 bits per heavy atom. The van der Waals surface area contributed by atoms with Crippen LogP contribution in [0.25, 0.3) is 0 Å². The fourth-order valence-electron chi connectivity index (χ4n) is 2.56. The third-order valence-electron chi connectivity index (χ3n) is 3.79. The molecule has 1 aliphatic rings. The van der Waals surface area contributed by atoms with Crippen LogP contribution in [-0.2, 0) is 0 Å². The first kappa shape index (κ1) is 14.9. The first-order valence-corrected chi connectivity index (χ1v) is 6.92. The number of benzene rings is 1. The van der Waals surface area contributed by atoms with Gasteiger partial charge in [-0.2, -0.15) is 0 Å². The number of piperazine rings is 1. The molecule has 110 valence electrons. The maximum Gasteiger partial charge on any atom is 0.161 e. The lowest BCUT2D eigenvalue weighted by molar-refractivity contribution is 0.101. The van der Waals surface area contributed by atoms with Gasteiger partial charge < -0.3 is 10.0 Å². The van der Waals surface area contributed by atoms with E-state index >= 15 is 0 Å². The van der Waals surface area contributed by atoms with Crippen LogP contribution in [0, 0.1) is 12.7 Å². The van der Waals surface area contributed by atoms with Crippen molar-refractivity contribution in [2.45, 2.75) is 13.8 Å².